The zero-order chi connectivity index (χ0) is 24.2. The van der Waals surface area contributed by atoms with Crippen LogP contribution in [0, 0.1) is 23.2 Å². The van der Waals surface area contributed by atoms with Crippen molar-refractivity contribution in [3.8, 4) is 17.2 Å². The van der Waals surface area contributed by atoms with Gasteiger partial charge in [0.25, 0.3) is 0 Å². The number of carbonyl (C=O) groups excluding carboxylic acids is 1. The second kappa shape index (κ2) is 8.45. The summed E-state index contributed by atoms with van der Waals surface area (Å²) in [7, 11) is 0. The molecule has 1 atom stereocenters. The first-order valence-electron chi connectivity index (χ1n) is 13.0. The minimum absolute atomic E-state index is 0.229. The number of amidine groups is 1. The maximum Gasteiger partial charge on any atom is 0.226 e. The Morgan fingerprint density at radius 3 is 2.58 bits per heavy atom. The molecule has 2 aromatic rings. The first-order chi connectivity index (χ1) is 17.7. The largest absolute Gasteiger partial charge is 0.352 e. The van der Waals surface area contributed by atoms with Gasteiger partial charge in [0.05, 0.1) is 17.3 Å². The Balaban J connectivity index is 1.23. The van der Waals surface area contributed by atoms with Crippen molar-refractivity contribution in [2.75, 3.05) is 24.5 Å². The lowest BCUT2D eigenvalue weighted by Crippen LogP contribution is -2.57. The highest BCUT2D eigenvalue weighted by Crippen LogP contribution is 2.46. The van der Waals surface area contributed by atoms with E-state index in [2.05, 4.69) is 42.4 Å². The Kier molecular flexibility index (Phi) is 5.06. The minimum atomic E-state index is 0.229. The maximum atomic E-state index is 13.0. The SMILES string of the molecule is N#Cc1cc(-c2cncc(C3=NNNN3)c2)c(C2CC2)nc1N1CCN(C(=O)C2CC2)C(C2CC2)C1. The van der Waals surface area contributed by atoms with Crippen molar-refractivity contribution in [2.24, 2.45) is 16.9 Å². The van der Waals surface area contributed by atoms with Crippen LogP contribution in [0.3, 0.4) is 0 Å². The van der Waals surface area contributed by atoms with Crippen LogP contribution in [0.25, 0.3) is 11.1 Å². The van der Waals surface area contributed by atoms with E-state index < -0.39 is 0 Å². The van der Waals surface area contributed by atoms with E-state index in [-0.39, 0.29) is 12.0 Å². The lowest BCUT2D eigenvalue weighted by molar-refractivity contribution is -0.135. The summed E-state index contributed by atoms with van der Waals surface area (Å²) in [4.78, 5) is 27.0. The van der Waals surface area contributed by atoms with Crippen molar-refractivity contribution >= 4 is 17.6 Å². The number of pyridine rings is 2. The molecule has 1 amide bonds. The molecule has 3 saturated carbocycles. The molecule has 4 heterocycles. The zero-order valence-electron chi connectivity index (χ0n) is 20.1. The molecular weight excluding hydrogens is 454 g/mol. The van der Waals surface area contributed by atoms with E-state index in [1.807, 2.05) is 18.3 Å². The highest BCUT2D eigenvalue weighted by atomic mass is 16.2. The van der Waals surface area contributed by atoms with Crippen molar-refractivity contribution in [1.29, 1.82) is 5.26 Å². The Hall–Kier alpha value is -3.71. The standard InChI is InChI=1S/C26H29N9O/c27-11-18-10-21(19-9-20(13-28-12-19)24-30-32-33-31-24)23(16-3-4-16)29-25(18)34-7-8-35(26(36)17-5-6-17)22(14-34)15-1-2-15/h9-10,12-13,15-17,22,32-33H,1-8,14H2,(H,30,31). The molecule has 7 rings (SSSR count). The molecule has 2 aliphatic heterocycles. The van der Waals surface area contributed by atoms with Gasteiger partial charge in [-0.25, -0.2) is 10.5 Å². The van der Waals surface area contributed by atoms with Gasteiger partial charge in [-0.3, -0.25) is 15.2 Å². The normalized spacial score (nSPS) is 23.5. The van der Waals surface area contributed by atoms with Gasteiger partial charge in [-0.15, -0.1) is 10.6 Å². The summed E-state index contributed by atoms with van der Waals surface area (Å²) in [5, 5.41) is 14.3. The monoisotopic (exact) mass is 483 g/mol. The first-order valence-corrected chi connectivity index (χ1v) is 13.0. The van der Waals surface area contributed by atoms with E-state index in [4.69, 9.17) is 4.98 Å². The van der Waals surface area contributed by atoms with E-state index in [9.17, 15) is 10.1 Å². The van der Waals surface area contributed by atoms with Gasteiger partial charge in [-0.1, -0.05) is 0 Å². The molecule has 4 fully saturated rings. The predicted octanol–water partition coefficient (Wildman–Crippen LogP) is 2.00. The molecule has 1 saturated heterocycles. The van der Waals surface area contributed by atoms with Crippen molar-refractivity contribution in [3.63, 3.8) is 0 Å². The van der Waals surface area contributed by atoms with Gasteiger partial charge in [0.15, 0.2) is 5.84 Å². The Bertz CT molecular complexity index is 1290. The smallest absolute Gasteiger partial charge is 0.226 e. The van der Waals surface area contributed by atoms with E-state index in [0.29, 0.717) is 35.7 Å². The Labute approximate surface area is 209 Å². The number of hydrazine groups is 2. The Morgan fingerprint density at radius 1 is 1.06 bits per heavy atom. The molecule has 0 bridgehead atoms. The van der Waals surface area contributed by atoms with Crippen LogP contribution in [0.1, 0.15) is 61.3 Å². The number of rotatable bonds is 6. The lowest BCUT2D eigenvalue weighted by Gasteiger charge is -2.43. The highest BCUT2D eigenvalue weighted by Gasteiger charge is 2.45. The molecule has 3 aliphatic carbocycles. The van der Waals surface area contributed by atoms with Gasteiger partial charge in [0.2, 0.25) is 5.91 Å². The third-order valence-electron chi connectivity index (χ3n) is 7.94. The fourth-order valence-corrected chi connectivity index (χ4v) is 5.52. The number of anilines is 1. The summed E-state index contributed by atoms with van der Waals surface area (Å²) in [6.07, 6.45) is 10.2. The second-order valence-corrected chi connectivity index (χ2v) is 10.6. The van der Waals surface area contributed by atoms with Gasteiger partial charge in [0, 0.05) is 60.6 Å². The van der Waals surface area contributed by atoms with Crippen LogP contribution in [-0.2, 0) is 4.79 Å². The summed E-state index contributed by atoms with van der Waals surface area (Å²) in [5.74, 6) is 2.99. The molecular formula is C26H29N9O. The molecule has 2 aromatic heterocycles. The predicted molar refractivity (Wildman–Crippen MR) is 133 cm³/mol. The molecule has 0 radical (unpaired) electrons. The number of hydrazone groups is 1. The van der Waals surface area contributed by atoms with E-state index >= 15 is 0 Å². The van der Waals surface area contributed by atoms with Crippen LogP contribution in [0.15, 0.2) is 29.6 Å². The van der Waals surface area contributed by atoms with E-state index in [1.165, 1.54) is 12.8 Å². The zero-order valence-corrected chi connectivity index (χ0v) is 20.1. The van der Waals surface area contributed by atoms with Gasteiger partial charge < -0.3 is 9.80 Å². The van der Waals surface area contributed by atoms with E-state index in [0.717, 1.165) is 67.0 Å². The third kappa shape index (κ3) is 3.93. The molecule has 10 nitrogen and oxygen atoms in total. The number of hydrogen-bond acceptors (Lipinski definition) is 9. The van der Waals surface area contributed by atoms with Crippen molar-refractivity contribution in [1.82, 2.24) is 31.4 Å². The molecule has 5 aliphatic rings. The summed E-state index contributed by atoms with van der Waals surface area (Å²) in [6.45, 7) is 2.19. The number of nitriles is 1. The molecule has 10 heteroatoms. The summed E-state index contributed by atoms with van der Waals surface area (Å²) >= 11 is 0. The topological polar surface area (TPSA) is 122 Å². The Morgan fingerprint density at radius 2 is 1.89 bits per heavy atom. The number of aromatic nitrogens is 2. The van der Waals surface area contributed by atoms with Crippen LogP contribution < -0.4 is 21.4 Å². The number of amides is 1. The quantitative estimate of drug-likeness (QED) is 0.571. The molecule has 3 N–H and O–H groups in total. The highest BCUT2D eigenvalue weighted by molar-refractivity contribution is 5.99. The van der Waals surface area contributed by atoms with Gasteiger partial charge in [-0.2, -0.15) is 5.26 Å². The third-order valence-corrected chi connectivity index (χ3v) is 7.94. The van der Waals surface area contributed by atoms with Crippen LogP contribution in [0.5, 0.6) is 0 Å². The van der Waals surface area contributed by atoms with Crippen LogP contribution in [0.2, 0.25) is 0 Å². The summed E-state index contributed by atoms with van der Waals surface area (Å²) in [5.41, 5.74) is 12.8. The molecule has 0 spiro atoms. The molecule has 184 valence electrons. The van der Waals surface area contributed by atoms with Crippen molar-refractivity contribution in [3.05, 3.63) is 41.3 Å². The van der Waals surface area contributed by atoms with Gasteiger partial charge in [-0.05, 0) is 56.6 Å². The summed E-state index contributed by atoms with van der Waals surface area (Å²) in [6, 6.07) is 6.67. The van der Waals surface area contributed by atoms with Crippen LogP contribution in [0.4, 0.5) is 5.82 Å². The summed E-state index contributed by atoms with van der Waals surface area (Å²) < 4.78 is 0. The first kappa shape index (κ1) is 21.6. The maximum absolute atomic E-state index is 13.0. The average molecular weight is 484 g/mol. The number of nitrogens with one attached hydrogen (secondary N) is 3. The number of piperazine rings is 1. The second-order valence-electron chi connectivity index (χ2n) is 10.6. The number of hydrogen-bond donors (Lipinski definition) is 3. The molecule has 1 unspecified atom stereocenters. The minimum Gasteiger partial charge on any atom is -0.352 e. The molecule has 36 heavy (non-hydrogen) atoms. The lowest BCUT2D eigenvalue weighted by atomic mass is 9.98. The van der Waals surface area contributed by atoms with Crippen LogP contribution in [-0.4, -0.2) is 52.3 Å². The van der Waals surface area contributed by atoms with Gasteiger partial charge >= 0.3 is 0 Å². The van der Waals surface area contributed by atoms with Crippen LogP contribution >= 0.6 is 0 Å². The fraction of sp³-hybridized carbons (Fsp3) is 0.500. The molecule has 0 aromatic carbocycles. The van der Waals surface area contributed by atoms with E-state index in [1.54, 1.807) is 6.20 Å². The average Bonchev–Trinajstić information content (AvgIpc) is 3.79. The van der Waals surface area contributed by atoms with Gasteiger partial charge in [0.1, 0.15) is 11.9 Å². The fourth-order valence-electron chi connectivity index (χ4n) is 5.52. The number of nitrogens with zero attached hydrogens (tertiary/aromatic N) is 6. The van der Waals surface area contributed by atoms with Crippen molar-refractivity contribution in [2.45, 2.75) is 50.5 Å². The van der Waals surface area contributed by atoms with Crippen molar-refractivity contribution < 1.29 is 4.79 Å². The number of carbonyl (C=O) groups is 1.